The Labute approximate surface area is 107 Å². The van der Waals surface area contributed by atoms with Crippen molar-refractivity contribution < 1.29 is 5.11 Å². The molecule has 2 heteroatoms. The van der Waals surface area contributed by atoms with Crippen LogP contribution in [0.4, 0.5) is 0 Å². The molecule has 17 heavy (non-hydrogen) atoms. The lowest BCUT2D eigenvalue weighted by atomic mass is 9.97. The van der Waals surface area contributed by atoms with E-state index in [1.54, 1.807) is 0 Å². The summed E-state index contributed by atoms with van der Waals surface area (Å²) in [5.74, 6) is 0.584. The zero-order valence-corrected chi connectivity index (χ0v) is 11.7. The maximum atomic E-state index is 9.08. The Morgan fingerprint density at radius 1 is 0.941 bits per heavy atom. The first-order chi connectivity index (χ1) is 8.36. The van der Waals surface area contributed by atoms with Gasteiger partial charge in [0.05, 0.1) is 0 Å². The first-order valence-electron chi connectivity index (χ1n) is 7.70. The van der Waals surface area contributed by atoms with Crippen LogP contribution in [0.15, 0.2) is 0 Å². The first-order valence-corrected chi connectivity index (χ1v) is 7.70. The number of aliphatic hydroxyl groups excluding tert-OH is 1. The summed E-state index contributed by atoms with van der Waals surface area (Å²) in [7, 11) is 0. The Morgan fingerprint density at radius 3 is 2.12 bits per heavy atom. The van der Waals surface area contributed by atoms with E-state index in [0.717, 1.165) is 0 Å². The molecule has 0 aromatic carbocycles. The van der Waals surface area contributed by atoms with Crippen molar-refractivity contribution in [2.24, 2.45) is 5.92 Å². The zero-order chi connectivity index (χ0) is 12.3. The average molecular weight is 241 g/mol. The number of aliphatic hydroxyl groups is 1. The van der Waals surface area contributed by atoms with Gasteiger partial charge in [-0.15, -0.1) is 0 Å². The van der Waals surface area contributed by atoms with Gasteiger partial charge in [-0.25, -0.2) is 0 Å². The van der Waals surface area contributed by atoms with Gasteiger partial charge >= 0.3 is 0 Å². The van der Waals surface area contributed by atoms with Crippen molar-refractivity contribution in [2.75, 3.05) is 26.2 Å². The van der Waals surface area contributed by atoms with E-state index in [1.165, 1.54) is 77.4 Å². The molecule has 2 nitrogen and oxygen atoms in total. The van der Waals surface area contributed by atoms with Crippen LogP contribution in [0.2, 0.25) is 0 Å². The maximum Gasteiger partial charge on any atom is 0.0460 e. The topological polar surface area (TPSA) is 23.5 Å². The third-order valence-electron chi connectivity index (χ3n) is 4.04. The van der Waals surface area contributed by atoms with Crippen LogP contribution in [0, 0.1) is 5.92 Å². The van der Waals surface area contributed by atoms with Gasteiger partial charge in [-0.1, -0.05) is 45.4 Å². The summed E-state index contributed by atoms with van der Waals surface area (Å²) in [6, 6.07) is 0. The quantitative estimate of drug-likeness (QED) is 0.625. The lowest BCUT2D eigenvalue weighted by Crippen LogP contribution is -2.35. The second-order valence-corrected chi connectivity index (χ2v) is 5.59. The molecule has 0 radical (unpaired) electrons. The van der Waals surface area contributed by atoms with Crippen LogP contribution in [0.5, 0.6) is 0 Å². The molecule has 1 aliphatic heterocycles. The molecule has 0 saturated carbocycles. The van der Waals surface area contributed by atoms with Crippen molar-refractivity contribution in [3.8, 4) is 0 Å². The highest BCUT2D eigenvalue weighted by atomic mass is 16.3. The van der Waals surface area contributed by atoms with Gasteiger partial charge in [-0.3, -0.25) is 0 Å². The summed E-state index contributed by atoms with van der Waals surface area (Å²) in [5, 5.41) is 9.08. The number of hydrogen-bond donors (Lipinski definition) is 1. The van der Waals surface area contributed by atoms with E-state index in [9.17, 15) is 0 Å². The lowest BCUT2D eigenvalue weighted by molar-refractivity contribution is 0.130. The minimum Gasteiger partial charge on any atom is -0.396 e. The minimum atomic E-state index is 0.394. The first kappa shape index (κ1) is 15.0. The number of nitrogens with zero attached hydrogens (tertiary/aromatic N) is 1. The molecule has 0 aromatic rings. The molecule has 0 bridgehead atoms. The minimum absolute atomic E-state index is 0.394. The van der Waals surface area contributed by atoms with Gasteiger partial charge in [0.15, 0.2) is 0 Å². The van der Waals surface area contributed by atoms with Gasteiger partial charge in [0, 0.05) is 6.61 Å². The maximum absolute atomic E-state index is 9.08. The molecule has 1 rings (SSSR count). The van der Waals surface area contributed by atoms with E-state index >= 15 is 0 Å². The number of rotatable bonds is 9. The van der Waals surface area contributed by atoms with Crippen LogP contribution in [0.25, 0.3) is 0 Å². The molecule has 0 unspecified atom stereocenters. The fraction of sp³-hybridized carbons (Fsp3) is 1.00. The number of hydrogen-bond acceptors (Lipinski definition) is 2. The smallest absolute Gasteiger partial charge is 0.0460 e. The molecular formula is C15H31NO. The van der Waals surface area contributed by atoms with Crippen LogP contribution in [-0.2, 0) is 0 Å². The van der Waals surface area contributed by atoms with Crippen molar-refractivity contribution >= 4 is 0 Å². The van der Waals surface area contributed by atoms with E-state index in [-0.39, 0.29) is 0 Å². The molecule has 0 aromatic heterocycles. The van der Waals surface area contributed by atoms with Crippen LogP contribution >= 0.6 is 0 Å². The third-order valence-corrected chi connectivity index (χ3v) is 4.04. The van der Waals surface area contributed by atoms with Gasteiger partial charge in [0.2, 0.25) is 0 Å². The average Bonchev–Trinajstić information content (AvgIpc) is 2.38. The van der Waals surface area contributed by atoms with Crippen LogP contribution in [0.1, 0.15) is 64.7 Å². The van der Waals surface area contributed by atoms with Crippen molar-refractivity contribution in [1.82, 2.24) is 4.90 Å². The molecule has 1 heterocycles. The highest BCUT2D eigenvalue weighted by molar-refractivity contribution is 4.71. The standard InChI is InChI=1S/C15H31NO/c1-2-3-4-5-6-7-8-11-16-12-9-15(14-17)10-13-16/h15,17H,2-14H2,1H3. The number of likely N-dealkylation sites (tertiary alicyclic amines) is 1. The van der Waals surface area contributed by atoms with Crippen molar-refractivity contribution in [2.45, 2.75) is 64.7 Å². The fourth-order valence-corrected chi connectivity index (χ4v) is 2.69. The van der Waals surface area contributed by atoms with Gasteiger partial charge < -0.3 is 10.0 Å². The van der Waals surface area contributed by atoms with Crippen molar-refractivity contribution in [3.05, 3.63) is 0 Å². The fourth-order valence-electron chi connectivity index (χ4n) is 2.69. The van der Waals surface area contributed by atoms with Crippen LogP contribution in [-0.4, -0.2) is 36.2 Å². The molecule has 1 aliphatic rings. The largest absolute Gasteiger partial charge is 0.396 e. The molecule has 0 aliphatic carbocycles. The summed E-state index contributed by atoms with van der Waals surface area (Å²) in [5.41, 5.74) is 0. The van der Waals surface area contributed by atoms with Gasteiger partial charge in [-0.2, -0.15) is 0 Å². The van der Waals surface area contributed by atoms with Gasteiger partial charge in [0.25, 0.3) is 0 Å². The van der Waals surface area contributed by atoms with E-state index in [1.807, 2.05) is 0 Å². The monoisotopic (exact) mass is 241 g/mol. The Balaban J connectivity index is 1.87. The van der Waals surface area contributed by atoms with E-state index in [0.29, 0.717) is 12.5 Å². The molecule has 1 fully saturated rings. The van der Waals surface area contributed by atoms with E-state index < -0.39 is 0 Å². The van der Waals surface area contributed by atoms with Crippen LogP contribution < -0.4 is 0 Å². The predicted octanol–water partition coefficient (Wildman–Crippen LogP) is 3.44. The summed E-state index contributed by atoms with van der Waals surface area (Å²) >= 11 is 0. The zero-order valence-electron chi connectivity index (χ0n) is 11.7. The van der Waals surface area contributed by atoms with Gasteiger partial charge in [0.1, 0.15) is 0 Å². The SMILES string of the molecule is CCCCCCCCCN1CCC(CO)CC1. The lowest BCUT2D eigenvalue weighted by Gasteiger charge is -2.30. The highest BCUT2D eigenvalue weighted by Crippen LogP contribution is 2.17. The summed E-state index contributed by atoms with van der Waals surface area (Å²) in [6.45, 7) is 6.37. The van der Waals surface area contributed by atoms with Gasteiger partial charge in [-0.05, 0) is 44.8 Å². The number of unbranched alkanes of at least 4 members (excludes halogenated alkanes) is 6. The molecule has 102 valence electrons. The summed E-state index contributed by atoms with van der Waals surface area (Å²) in [6.07, 6.45) is 12.2. The van der Waals surface area contributed by atoms with E-state index in [4.69, 9.17) is 5.11 Å². The normalized spacial score (nSPS) is 18.7. The Kier molecular flexibility index (Phi) is 8.72. The molecule has 1 N–H and O–H groups in total. The second-order valence-electron chi connectivity index (χ2n) is 5.59. The number of piperidine rings is 1. The third kappa shape index (κ3) is 7.05. The summed E-state index contributed by atoms with van der Waals surface area (Å²) < 4.78 is 0. The molecule has 0 spiro atoms. The van der Waals surface area contributed by atoms with E-state index in [2.05, 4.69) is 11.8 Å². The molecule has 0 amide bonds. The van der Waals surface area contributed by atoms with Crippen molar-refractivity contribution in [3.63, 3.8) is 0 Å². The molecule has 1 saturated heterocycles. The van der Waals surface area contributed by atoms with Crippen LogP contribution in [0.3, 0.4) is 0 Å². The molecule has 0 atom stereocenters. The Hall–Kier alpha value is -0.0800. The predicted molar refractivity (Wildman–Crippen MR) is 74.2 cm³/mol. The Morgan fingerprint density at radius 2 is 1.53 bits per heavy atom. The highest BCUT2D eigenvalue weighted by Gasteiger charge is 2.17. The Bertz CT molecular complexity index is 164. The molecular weight excluding hydrogens is 210 g/mol. The van der Waals surface area contributed by atoms with Crippen molar-refractivity contribution in [1.29, 1.82) is 0 Å². The second kappa shape index (κ2) is 9.90. The summed E-state index contributed by atoms with van der Waals surface area (Å²) in [4.78, 5) is 2.58.